The third kappa shape index (κ3) is 4.37. The van der Waals surface area contributed by atoms with Crippen LogP contribution in [0.3, 0.4) is 0 Å². The van der Waals surface area contributed by atoms with Gasteiger partial charge in [-0.2, -0.15) is 0 Å². The van der Waals surface area contributed by atoms with Gasteiger partial charge in [-0.1, -0.05) is 26.0 Å². The molecule has 0 unspecified atom stereocenters. The Balaban J connectivity index is 1.53. The normalized spacial score (nSPS) is 21.2. The molecule has 0 aliphatic carbocycles. The van der Waals surface area contributed by atoms with Crippen LogP contribution in [0.5, 0.6) is 0 Å². The molecule has 132 valence electrons. The Morgan fingerprint density at radius 3 is 2.17 bits per heavy atom. The smallest absolute Gasteiger partial charge is 0.253 e. The lowest BCUT2D eigenvalue weighted by molar-refractivity contribution is 0.0643. The maximum atomic E-state index is 12.6. The number of likely N-dealkylation sites (N-methyl/N-ethyl adjacent to an activating group) is 1. The van der Waals surface area contributed by atoms with Crippen LogP contribution in [0.2, 0.25) is 0 Å². The average Bonchev–Trinajstić information content (AvgIpc) is 2.64. The maximum absolute atomic E-state index is 12.6. The lowest BCUT2D eigenvalue weighted by atomic mass is 9.99. The third-order valence-electron chi connectivity index (χ3n) is 5.59. The van der Waals surface area contributed by atoms with Crippen LogP contribution in [0.1, 0.15) is 42.6 Å². The monoisotopic (exact) mass is 329 g/mol. The van der Waals surface area contributed by atoms with Crippen molar-refractivity contribution in [3.8, 4) is 0 Å². The van der Waals surface area contributed by atoms with Crippen molar-refractivity contribution in [3.63, 3.8) is 0 Å². The summed E-state index contributed by atoms with van der Waals surface area (Å²) in [6, 6.07) is 8.29. The second-order valence-electron chi connectivity index (χ2n) is 7.38. The van der Waals surface area contributed by atoms with Crippen LogP contribution < -0.4 is 0 Å². The molecule has 24 heavy (non-hydrogen) atoms. The van der Waals surface area contributed by atoms with Crippen LogP contribution >= 0.6 is 0 Å². The molecule has 0 N–H and O–H groups in total. The van der Waals surface area contributed by atoms with Crippen LogP contribution in [0.25, 0.3) is 0 Å². The molecule has 2 aliphatic rings. The highest BCUT2D eigenvalue weighted by atomic mass is 16.2. The molecule has 2 aliphatic heterocycles. The Morgan fingerprint density at radius 1 is 0.958 bits per heavy atom. The third-order valence-corrected chi connectivity index (χ3v) is 5.59. The van der Waals surface area contributed by atoms with Crippen molar-refractivity contribution in [1.29, 1.82) is 0 Å². The van der Waals surface area contributed by atoms with E-state index in [4.69, 9.17) is 0 Å². The SMILES string of the molecule is CCN1CCN(C(=O)c2ccc(CN3CCC(C)CC3)cc2)CC1. The summed E-state index contributed by atoms with van der Waals surface area (Å²) in [5, 5.41) is 0. The molecular weight excluding hydrogens is 298 g/mol. The zero-order valence-electron chi connectivity index (χ0n) is 15.2. The molecular formula is C20H31N3O. The second kappa shape index (κ2) is 8.13. The second-order valence-corrected chi connectivity index (χ2v) is 7.38. The van der Waals surface area contributed by atoms with E-state index in [1.165, 1.54) is 31.5 Å². The Labute approximate surface area is 146 Å². The van der Waals surface area contributed by atoms with Crippen molar-refractivity contribution in [3.05, 3.63) is 35.4 Å². The first-order valence-electron chi connectivity index (χ1n) is 9.48. The molecule has 1 aromatic carbocycles. The molecule has 2 fully saturated rings. The number of carbonyl (C=O) groups excluding carboxylic acids is 1. The summed E-state index contributed by atoms with van der Waals surface area (Å²) in [4.78, 5) is 19.5. The predicted molar refractivity (Wildman–Crippen MR) is 98.1 cm³/mol. The van der Waals surface area contributed by atoms with Gasteiger partial charge < -0.3 is 9.80 Å². The Bertz CT molecular complexity index is 526. The molecule has 1 amide bonds. The number of hydrogen-bond donors (Lipinski definition) is 0. The summed E-state index contributed by atoms with van der Waals surface area (Å²) in [5.41, 5.74) is 2.15. The minimum absolute atomic E-state index is 0.184. The van der Waals surface area contributed by atoms with Crippen LogP contribution in [-0.2, 0) is 6.54 Å². The molecule has 3 rings (SSSR count). The number of rotatable bonds is 4. The minimum atomic E-state index is 0.184. The summed E-state index contributed by atoms with van der Waals surface area (Å²) in [6.07, 6.45) is 2.61. The molecule has 0 bridgehead atoms. The quantitative estimate of drug-likeness (QED) is 0.850. The number of piperazine rings is 1. The molecule has 0 saturated carbocycles. The van der Waals surface area contributed by atoms with E-state index in [1.54, 1.807) is 0 Å². The highest BCUT2D eigenvalue weighted by Crippen LogP contribution is 2.18. The fourth-order valence-electron chi connectivity index (χ4n) is 3.68. The number of likely N-dealkylation sites (tertiary alicyclic amines) is 1. The van der Waals surface area contributed by atoms with Crippen molar-refractivity contribution in [2.45, 2.75) is 33.2 Å². The summed E-state index contributed by atoms with van der Waals surface area (Å²) in [6.45, 7) is 12.7. The first-order valence-corrected chi connectivity index (χ1v) is 9.48. The zero-order valence-corrected chi connectivity index (χ0v) is 15.2. The molecule has 4 heteroatoms. The summed E-state index contributed by atoms with van der Waals surface area (Å²) in [7, 11) is 0. The topological polar surface area (TPSA) is 26.8 Å². The molecule has 1 aromatic rings. The summed E-state index contributed by atoms with van der Waals surface area (Å²) in [5.74, 6) is 1.05. The lowest BCUT2D eigenvalue weighted by Crippen LogP contribution is -2.48. The van der Waals surface area contributed by atoms with Gasteiger partial charge in [0.25, 0.3) is 5.91 Å². The number of hydrogen-bond acceptors (Lipinski definition) is 3. The Kier molecular flexibility index (Phi) is 5.90. The van der Waals surface area contributed by atoms with Gasteiger partial charge in [0.05, 0.1) is 0 Å². The number of carbonyl (C=O) groups is 1. The molecule has 4 nitrogen and oxygen atoms in total. The van der Waals surface area contributed by atoms with Gasteiger partial charge in [-0.15, -0.1) is 0 Å². The van der Waals surface area contributed by atoms with E-state index < -0.39 is 0 Å². The van der Waals surface area contributed by atoms with E-state index in [1.807, 2.05) is 17.0 Å². The van der Waals surface area contributed by atoms with Crippen LogP contribution in [0, 0.1) is 5.92 Å². The number of piperidine rings is 1. The van der Waals surface area contributed by atoms with Gasteiger partial charge in [0.2, 0.25) is 0 Å². The van der Waals surface area contributed by atoms with Gasteiger partial charge in [0, 0.05) is 38.3 Å². The van der Waals surface area contributed by atoms with Crippen molar-refractivity contribution in [2.75, 3.05) is 45.8 Å². The van der Waals surface area contributed by atoms with Crippen LogP contribution in [0.4, 0.5) is 0 Å². The molecule has 0 radical (unpaired) electrons. The maximum Gasteiger partial charge on any atom is 0.253 e. The van der Waals surface area contributed by atoms with Gasteiger partial charge >= 0.3 is 0 Å². The summed E-state index contributed by atoms with van der Waals surface area (Å²) < 4.78 is 0. The first-order chi connectivity index (χ1) is 11.7. The van der Waals surface area contributed by atoms with Crippen molar-refractivity contribution in [1.82, 2.24) is 14.7 Å². The van der Waals surface area contributed by atoms with E-state index in [9.17, 15) is 4.79 Å². The van der Waals surface area contributed by atoms with Gasteiger partial charge in [0.15, 0.2) is 0 Å². The van der Waals surface area contributed by atoms with Gasteiger partial charge in [-0.25, -0.2) is 0 Å². The van der Waals surface area contributed by atoms with Gasteiger partial charge in [-0.3, -0.25) is 9.69 Å². The zero-order chi connectivity index (χ0) is 16.9. The van der Waals surface area contributed by atoms with Crippen molar-refractivity contribution >= 4 is 5.91 Å². The highest BCUT2D eigenvalue weighted by Gasteiger charge is 2.21. The fourth-order valence-corrected chi connectivity index (χ4v) is 3.68. The Hall–Kier alpha value is -1.39. The Morgan fingerprint density at radius 2 is 1.58 bits per heavy atom. The summed E-state index contributed by atoms with van der Waals surface area (Å²) >= 11 is 0. The van der Waals surface area contributed by atoms with E-state index in [2.05, 4.69) is 35.8 Å². The van der Waals surface area contributed by atoms with E-state index in [-0.39, 0.29) is 5.91 Å². The minimum Gasteiger partial charge on any atom is -0.336 e. The van der Waals surface area contributed by atoms with Crippen molar-refractivity contribution in [2.24, 2.45) is 5.92 Å². The number of benzene rings is 1. The standard InChI is InChI=1S/C20H31N3O/c1-3-21-12-14-23(15-13-21)20(24)19-6-4-18(5-7-19)16-22-10-8-17(2)9-11-22/h4-7,17H,3,8-16H2,1-2H3. The number of nitrogens with zero attached hydrogens (tertiary/aromatic N) is 3. The molecule has 2 saturated heterocycles. The predicted octanol–water partition coefficient (Wildman–Crippen LogP) is 2.70. The molecule has 0 spiro atoms. The largest absolute Gasteiger partial charge is 0.336 e. The molecule has 0 atom stereocenters. The lowest BCUT2D eigenvalue weighted by Gasteiger charge is -2.34. The van der Waals surface area contributed by atoms with Gasteiger partial charge in [0.1, 0.15) is 0 Å². The van der Waals surface area contributed by atoms with E-state index in [0.29, 0.717) is 0 Å². The average molecular weight is 329 g/mol. The van der Waals surface area contributed by atoms with Crippen LogP contribution in [0.15, 0.2) is 24.3 Å². The highest BCUT2D eigenvalue weighted by molar-refractivity contribution is 5.94. The van der Waals surface area contributed by atoms with Gasteiger partial charge in [-0.05, 0) is 56.1 Å². The first kappa shape index (κ1) is 17.4. The fraction of sp³-hybridized carbons (Fsp3) is 0.650. The molecule has 0 aromatic heterocycles. The number of amides is 1. The van der Waals surface area contributed by atoms with E-state index >= 15 is 0 Å². The molecule has 2 heterocycles. The van der Waals surface area contributed by atoms with Crippen molar-refractivity contribution < 1.29 is 4.79 Å². The van der Waals surface area contributed by atoms with Crippen LogP contribution in [-0.4, -0.2) is 66.4 Å². The van der Waals surface area contributed by atoms with E-state index in [0.717, 1.165) is 50.7 Å².